The van der Waals surface area contributed by atoms with Gasteiger partial charge in [-0.15, -0.1) is 0 Å². The van der Waals surface area contributed by atoms with Crippen molar-refractivity contribution >= 4 is 17.2 Å². The Kier molecular flexibility index (Phi) is 7.11. The van der Waals surface area contributed by atoms with Crippen LogP contribution in [-0.2, 0) is 0 Å². The summed E-state index contributed by atoms with van der Waals surface area (Å²) in [5.74, 6) is 0. The van der Waals surface area contributed by atoms with Gasteiger partial charge in [-0.1, -0.05) is 33.0 Å². The Labute approximate surface area is 93.8 Å². The Morgan fingerprint density at radius 1 is 1.29 bits per heavy atom. The van der Waals surface area contributed by atoms with Crippen molar-refractivity contribution in [1.82, 2.24) is 4.90 Å². The van der Waals surface area contributed by atoms with Gasteiger partial charge in [0.2, 0.25) is 0 Å². The van der Waals surface area contributed by atoms with Gasteiger partial charge in [-0.3, -0.25) is 4.90 Å². The molecule has 0 rings (SSSR count). The van der Waals surface area contributed by atoms with Crippen molar-refractivity contribution < 1.29 is 0 Å². The van der Waals surface area contributed by atoms with Crippen molar-refractivity contribution in [3.8, 4) is 0 Å². The highest BCUT2D eigenvalue weighted by Crippen LogP contribution is 2.14. The van der Waals surface area contributed by atoms with Crippen LogP contribution in [0.2, 0.25) is 0 Å². The van der Waals surface area contributed by atoms with Crippen molar-refractivity contribution in [3.63, 3.8) is 0 Å². The van der Waals surface area contributed by atoms with E-state index >= 15 is 0 Å². The zero-order valence-corrected chi connectivity index (χ0v) is 10.7. The van der Waals surface area contributed by atoms with Gasteiger partial charge in [0.05, 0.1) is 4.99 Å². The molecule has 2 nitrogen and oxygen atoms in total. The molecule has 0 aromatic heterocycles. The second-order valence-electron chi connectivity index (χ2n) is 3.82. The molecule has 0 radical (unpaired) electrons. The van der Waals surface area contributed by atoms with Crippen molar-refractivity contribution in [2.24, 2.45) is 5.73 Å². The summed E-state index contributed by atoms with van der Waals surface area (Å²) in [5, 5.41) is 0. The zero-order valence-electron chi connectivity index (χ0n) is 9.92. The molecule has 0 bridgehead atoms. The maximum Gasteiger partial charge on any atom is 0.0743 e. The molecule has 0 aromatic rings. The summed E-state index contributed by atoms with van der Waals surface area (Å²) in [7, 11) is 0. The fourth-order valence-electron chi connectivity index (χ4n) is 1.89. The van der Waals surface area contributed by atoms with E-state index in [9.17, 15) is 0 Å². The van der Waals surface area contributed by atoms with Gasteiger partial charge in [-0.05, 0) is 26.3 Å². The van der Waals surface area contributed by atoms with Gasteiger partial charge in [-0.2, -0.15) is 0 Å². The minimum absolute atomic E-state index is 0.521. The Bertz CT molecular complexity index is 171. The van der Waals surface area contributed by atoms with E-state index in [-0.39, 0.29) is 0 Å². The highest BCUT2D eigenvalue weighted by Gasteiger charge is 2.19. The minimum atomic E-state index is 0.521. The molecule has 0 aromatic carbocycles. The molecule has 2 atom stereocenters. The molecule has 0 aliphatic carbocycles. The predicted molar refractivity (Wildman–Crippen MR) is 67.6 cm³/mol. The Balaban J connectivity index is 4.35. The second kappa shape index (κ2) is 7.18. The van der Waals surface area contributed by atoms with Gasteiger partial charge in [0, 0.05) is 18.5 Å². The molecular weight excluding hydrogens is 192 g/mol. The smallest absolute Gasteiger partial charge is 0.0743 e. The molecule has 14 heavy (non-hydrogen) atoms. The highest BCUT2D eigenvalue weighted by molar-refractivity contribution is 7.80. The van der Waals surface area contributed by atoms with E-state index in [1.165, 1.54) is 6.42 Å². The summed E-state index contributed by atoms with van der Waals surface area (Å²) >= 11 is 4.98. The summed E-state index contributed by atoms with van der Waals surface area (Å²) in [6, 6.07) is 1.15. The molecule has 2 unspecified atom stereocenters. The first-order chi connectivity index (χ1) is 6.56. The fraction of sp³-hybridized carbons (Fsp3) is 0.909. The maximum absolute atomic E-state index is 5.61. The summed E-state index contributed by atoms with van der Waals surface area (Å²) in [5.41, 5.74) is 5.61. The summed E-state index contributed by atoms with van der Waals surface area (Å²) in [6.45, 7) is 9.98. The van der Waals surface area contributed by atoms with E-state index in [4.69, 9.17) is 18.0 Å². The lowest BCUT2D eigenvalue weighted by Crippen LogP contribution is -2.42. The van der Waals surface area contributed by atoms with Crippen LogP contribution in [0.5, 0.6) is 0 Å². The van der Waals surface area contributed by atoms with Crippen molar-refractivity contribution in [2.45, 2.75) is 59.0 Å². The normalized spacial score (nSPS) is 15.5. The van der Waals surface area contributed by atoms with Gasteiger partial charge >= 0.3 is 0 Å². The van der Waals surface area contributed by atoms with Gasteiger partial charge in [-0.25, -0.2) is 0 Å². The molecule has 0 saturated carbocycles. The molecule has 0 spiro atoms. The average Bonchev–Trinajstić information content (AvgIpc) is 2.16. The van der Waals surface area contributed by atoms with Crippen molar-refractivity contribution in [2.75, 3.05) is 6.54 Å². The third kappa shape index (κ3) is 4.38. The molecule has 0 fully saturated rings. The number of thiocarbonyl (C=S) groups is 1. The lowest BCUT2D eigenvalue weighted by Gasteiger charge is -2.34. The quantitative estimate of drug-likeness (QED) is 0.663. The largest absolute Gasteiger partial charge is 0.393 e. The molecule has 3 heteroatoms. The number of hydrogen-bond donors (Lipinski definition) is 1. The van der Waals surface area contributed by atoms with Crippen LogP contribution in [0, 0.1) is 0 Å². The molecule has 0 amide bonds. The van der Waals surface area contributed by atoms with Crippen LogP contribution in [0.1, 0.15) is 47.0 Å². The van der Waals surface area contributed by atoms with Crippen LogP contribution in [0.25, 0.3) is 0 Å². The lowest BCUT2D eigenvalue weighted by molar-refractivity contribution is 0.147. The van der Waals surface area contributed by atoms with Gasteiger partial charge in [0.25, 0.3) is 0 Å². The van der Waals surface area contributed by atoms with Crippen LogP contribution < -0.4 is 5.73 Å². The molecule has 84 valence electrons. The number of rotatable bonds is 7. The first-order valence-corrected chi connectivity index (χ1v) is 6.01. The molecule has 2 N–H and O–H groups in total. The molecule has 0 aliphatic heterocycles. The van der Waals surface area contributed by atoms with Gasteiger partial charge < -0.3 is 5.73 Å². The lowest BCUT2D eigenvalue weighted by atomic mass is 10.1. The first kappa shape index (κ1) is 13.8. The topological polar surface area (TPSA) is 29.3 Å². The van der Waals surface area contributed by atoms with Gasteiger partial charge in [0.1, 0.15) is 0 Å². The molecule has 0 heterocycles. The molecular formula is C11H24N2S. The van der Waals surface area contributed by atoms with Crippen LogP contribution in [-0.4, -0.2) is 28.5 Å². The Hall–Kier alpha value is -0.150. The minimum Gasteiger partial charge on any atom is -0.393 e. The maximum atomic E-state index is 5.61. The SMILES string of the molecule is CCC(C)N(CC)C(CC)CC(N)=S. The van der Waals surface area contributed by atoms with E-state index < -0.39 is 0 Å². The summed E-state index contributed by atoms with van der Waals surface area (Å²) in [4.78, 5) is 3.14. The zero-order chi connectivity index (χ0) is 11.1. The third-order valence-electron chi connectivity index (χ3n) is 2.90. The summed E-state index contributed by atoms with van der Waals surface area (Å²) < 4.78 is 0. The first-order valence-electron chi connectivity index (χ1n) is 5.60. The van der Waals surface area contributed by atoms with E-state index in [1.54, 1.807) is 0 Å². The van der Waals surface area contributed by atoms with Crippen LogP contribution in [0.4, 0.5) is 0 Å². The molecule has 0 aliphatic rings. The van der Waals surface area contributed by atoms with E-state index in [0.29, 0.717) is 17.1 Å². The van der Waals surface area contributed by atoms with Crippen LogP contribution in [0.15, 0.2) is 0 Å². The van der Waals surface area contributed by atoms with Crippen LogP contribution in [0.3, 0.4) is 0 Å². The number of hydrogen-bond acceptors (Lipinski definition) is 2. The van der Waals surface area contributed by atoms with Gasteiger partial charge in [0.15, 0.2) is 0 Å². The fourth-order valence-corrected chi connectivity index (χ4v) is 2.08. The highest BCUT2D eigenvalue weighted by atomic mass is 32.1. The number of nitrogens with zero attached hydrogens (tertiary/aromatic N) is 1. The van der Waals surface area contributed by atoms with E-state index in [2.05, 4.69) is 32.6 Å². The third-order valence-corrected chi connectivity index (χ3v) is 3.07. The van der Waals surface area contributed by atoms with Crippen molar-refractivity contribution in [1.29, 1.82) is 0 Å². The van der Waals surface area contributed by atoms with E-state index in [0.717, 1.165) is 19.4 Å². The van der Waals surface area contributed by atoms with Crippen molar-refractivity contribution in [3.05, 3.63) is 0 Å². The summed E-state index contributed by atoms with van der Waals surface area (Å²) in [6.07, 6.45) is 3.15. The standard InChI is InChI=1S/C11H24N2S/c1-5-9(4)13(7-3)10(6-2)8-11(12)14/h9-10H,5-8H2,1-4H3,(H2,12,14). The monoisotopic (exact) mass is 216 g/mol. The Morgan fingerprint density at radius 3 is 2.14 bits per heavy atom. The van der Waals surface area contributed by atoms with E-state index in [1.807, 2.05) is 0 Å². The predicted octanol–water partition coefficient (Wildman–Crippen LogP) is 2.56. The number of nitrogens with two attached hydrogens (primary N) is 1. The molecule has 0 saturated heterocycles. The Morgan fingerprint density at radius 2 is 1.86 bits per heavy atom. The average molecular weight is 216 g/mol. The second-order valence-corrected chi connectivity index (χ2v) is 4.34. The van der Waals surface area contributed by atoms with Crippen LogP contribution >= 0.6 is 12.2 Å².